The molecule has 21 heavy (non-hydrogen) atoms. The highest BCUT2D eigenvalue weighted by molar-refractivity contribution is 5.96. The summed E-state index contributed by atoms with van der Waals surface area (Å²) in [5.41, 5.74) is 0.351. The van der Waals surface area contributed by atoms with E-state index in [9.17, 15) is 9.59 Å². The molecule has 0 spiro atoms. The van der Waals surface area contributed by atoms with Crippen LogP contribution in [0.4, 0.5) is 0 Å². The van der Waals surface area contributed by atoms with Crippen molar-refractivity contribution in [2.24, 2.45) is 7.05 Å². The molecular weight excluding hydrogens is 264 g/mol. The Labute approximate surface area is 124 Å². The average Bonchev–Trinajstić information content (AvgIpc) is 3.04. The number of rotatable bonds is 2. The lowest BCUT2D eigenvalue weighted by Gasteiger charge is -2.25. The first-order valence-electron chi connectivity index (χ1n) is 7.45. The monoisotopic (exact) mass is 284 g/mol. The Hall–Kier alpha value is -2.10. The van der Waals surface area contributed by atoms with Crippen molar-refractivity contribution >= 4 is 16.7 Å². The Balaban J connectivity index is 2.05. The summed E-state index contributed by atoms with van der Waals surface area (Å²) in [7, 11) is 3.52. The third-order valence-corrected chi connectivity index (χ3v) is 4.56. The van der Waals surface area contributed by atoms with Crippen LogP contribution in [-0.4, -0.2) is 28.5 Å². The van der Waals surface area contributed by atoms with Gasteiger partial charge in [-0.05, 0) is 30.4 Å². The highest BCUT2D eigenvalue weighted by atomic mass is 16.2. The van der Waals surface area contributed by atoms with Crippen LogP contribution in [0.1, 0.15) is 36.2 Å². The van der Waals surface area contributed by atoms with E-state index in [0.717, 1.165) is 18.2 Å². The van der Waals surface area contributed by atoms with E-state index in [4.69, 9.17) is 0 Å². The lowest BCUT2D eigenvalue weighted by Crippen LogP contribution is -2.38. The minimum Gasteiger partial charge on any atom is -0.337 e. The Kier molecular flexibility index (Phi) is 3.53. The van der Waals surface area contributed by atoms with Gasteiger partial charge in [0.25, 0.3) is 11.5 Å². The highest BCUT2D eigenvalue weighted by Gasteiger charge is 2.25. The second kappa shape index (κ2) is 5.35. The van der Waals surface area contributed by atoms with Gasteiger partial charge in [0.1, 0.15) is 5.69 Å². The quantitative estimate of drug-likeness (QED) is 0.850. The van der Waals surface area contributed by atoms with Crippen LogP contribution in [0, 0.1) is 0 Å². The molecule has 1 fully saturated rings. The molecule has 4 heteroatoms. The van der Waals surface area contributed by atoms with E-state index in [1.165, 1.54) is 17.4 Å². The molecule has 0 unspecified atom stereocenters. The van der Waals surface area contributed by atoms with Crippen molar-refractivity contribution in [3.63, 3.8) is 0 Å². The average molecular weight is 284 g/mol. The van der Waals surface area contributed by atoms with E-state index >= 15 is 0 Å². The Morgan fingerprint density at radius 1 is 1.24 bits per heavy atom. The molecule has 1 aromatic heterocycles. The summed E-state index contributed by atoms with van der Waals surface area (Å²) in [6, 6.07) is 9.53. The van der Waals surface area contributed by atoms with E-state index in [2.05, 4.69) is 0 Å². The first kappa shape index (κ1) is 13.9. The molecule has 0 bridgehead atoms. The summed E-state index contributed by atoms with van der Waals surface area (Å²) in [6.45, 7) is 0. The topological polar surface area (TPSA) is 42.3 Å². The smallest absolute Gasteiger partial charge is 0.270 e. The summed E-state index contributed by atoms with van der Waals surface area (Å²) in [5.74, 6) is -0.0627. The standard InChI is InChI=1S/C17H20N2O2/c1-18(13-8-4-5-9-13)17(21)15-11-12-7-3-6-10-14(12)16(20)19(15)2/h3,6-7,10-11,13H,4-5,8-9H2,1-2H3. The first-order valence-corrected chi connectivity index (χ1v) is 7.45. The zero-order valence-electron chi connectivity index (χ0n) is 12.5. The van der Waals surface area contributed by atoms with Gasteiger partial charge in [0.15, 0.2) is 0 Å². The molecule has 110 valence electrons. The largest absolute Gasteiger partial charge is 0.337 e. The van der Waals surface area contributed by atoms with Crippen LogP contribution in [0.2, 0.25) is 0 Å². The van der Waals surface area contributed by atoms with Gasteiger partial charge in [-0.15, -0.1) is 0 Å². The molecule has 0 radical (unpaired) electrons. The van der Waals surface area contributed by atoms with Crippen LogP contribution in [-0.2, 0) is 7.05 Å². The van der Waals surface area contributed by atoms with Crippen molar-refractivity contribution in [3.8, 4) is 0 Å². The van der Waals surface area contributed by atoms with E-state index < -0.39 is 0 Å². The fraction of sp³-hybridized carbons (Fsp3) is 0.412. The Morgan fingerprint density at radius 3 is 2.62 bits per heavy atom. The van der Waals surface area contributed by atoms with Crippen LogP contribution in [0.5, 0.6) is 0 Å². The van der Waals surface area contributed by atoms with Crippen molar-refractivity contribution < 1.29 is 4.79 Å². The molecule has 1 aliphatic rings. The number of hydrogen-bond acceptors (Lipinski definition) is 2. The maximum absolute atomic E-state index is 12.7. The van der Waals surface area contributed by atoms with Crippen LogP contribution < -0.4 is 5.56 Å². The predicted octanol–water partition coefficient (Wildman–Crippen LogP) is 2.55. The molecule has 1 aromatic carbocycles. The number of pyridine rings is 1. The van der Waals surface area contributed by atoms with Crippen molar-refractivity contribution in [2.45, 2.75) is 31.7 Å². The SMILES string of the molecule is CN(C(=O)c1cc2ccccc2c(=O)n1C)C1CCCC1. The van der Waals surface area contributed by atoms with Gasteiger partial charge in [0.05, 0.1) is 0 Å². The number of nitrogens with zero attached hydrogens (tertiary/aromatic N) is 2. The second-order valence-electron chi connectivity index (χ2n) is 5.84. The number of carbonyl (C=O) groups excluding carboxylic acids is 1. The van der Waals surface area contributed by atoms with E-state index in [-0.39, 0.29) is 11.5 Å². The minimum atomic E-state index is -0.115. The molecule has 0 N–H and O–H groups in total. The van der Waals surface area contributed by atoms with E-state index in [1.807, 2.05) is 31.3 Å². The molecule has 1 heterocycles. The van der Waals surface area contributed by atoms with Crippen molar-refractivity contribution in [3.05, 3.63) is 46.4 Å². The summed E-state index contributed by atoms with van der Waals surface area (Å²) < 4.78 is 1.47. The molecule has 1 aliphatic carbocycles. The fourth-order valence-electron chi connectivity index (χ4n) is 3.20. The van der Waals surface area contributed by atoms with Gasteiger partial charge in [-0.3, -0.25) is 9.59 Å². The summed E-state index contributed by atoms with van der Waals surface area (Å²) in [4.78, 5) is 26.9. The fourth-order valence-corrected chi connectivity index (χ4v) is 3.20. The zero-order valence-corrected chi connectivity index (χ0v) is 12.5. The van der Waals surface area contributed by atoms with Crippen LogP contribution in [0.15, 0.2) is 35.1 Å². The minimum absolute atomic E-state index is 0.0627. The molecule has 0 aliphatic heterocycles. The van der Waals surface area contributed by atoms with Crippen molar-refractivity contribution in [1.29, 1.82) is 0 Å². The van der Waals surface area contributed by atoms with Gasteiger partial charge in [-0.1, -0.05) is 31.0 Å². The van der Waals surface area contributed by atoms with Gasteiger partial charge in [0.2, 0.25) is 0 Å². The molecule has 2 aromatic rings. The molecule has 0 saturated heterocycles. The van der Waals surface area contributed by atoms with Gasteiger partial charge in [-0.25, -0.2) is 0 Å². The van der Waals surface area contributed by atoms with Crippen molar-refractivity contribution in [1.82, 2.24) is 9.47 Å². The van der Waals surface area contributed by atoms with Gasteiger partial charge < -0.3 is 9.47 Å². The first-order chi connectivity index (χ1) is 10.1. The maximum Gasteiger partial charge on any atom is 0.270 e. The maximum atomic E-state index is 12.7. The second-order valence-corrected chi connectivity index (χ2v) is 5.84. The molecule has 1 saturated carbocycles. The summed E-state index contributed by atoms with van der Waals surface area (Å²) >= 11 is 0. The van der Waals surface area contributed by atoms with Crippen LogP contribution >= 0.6 is 0 Å². The van der Waals surface area contributed by atoms with E-state index in [0.29, 0.717) is 17.1 Å². The van der Waals surface area contributed by atoms with Gasteiger partial charge >= 0.3 is 0 Å². The summed E-state index contributed by atoms with van der Waals surface area (Å²) in [5, 5.41) is 1.48. The molecule has 3 rings (SSSR count). The van der Waals surface area contributed by atoms with Gasteiger partial charge in [-0.2, -0.15) is 0 Å². The third kappa shape index (κ3) is 2.35. The molecule has 0 atom stereocenters. The molecular formula is C17H20N2O2. The molecule has 1 amide bonds. The number of hydrogen-bond donors (Lipinski definition) is 0. The predicted molar refractivity (Wildman–Crippen MR) is 83.5 cm³/mol. The van der Waals surface area contributed by atoms with E-state index in [1.54, 1.807) is 18.0 Å². The third-order valence-electron chi connectivity index (χ3n) is 4.56. The summed E-state index contributed by atoms with van der Waals surface area (Å²) in [6.07, 6.45) is 4.48. The Bertz CT molecular complexity index is 742. The Morgan fingerprint density at radius 2 is 1.90 bits per heavy atom. The number of fused-ring (bicyclic) bond motifs is 1. The number of benzene rings is 1. The zero-order chi connectivity index (χ0) is 15.0. The molecule has 4 nitrogen and oxygen atoms in total. The number of carbonyl (C=O) groups is 1. The van der Waals surface area contributed by atoms with Crippen molar-refractivity contribution in [2.75, 3.05) is 7.05 Å². The van der Waals surface area contributed by atoms with Crippen LogP contribution in [0.3, 0.4) is 0 Å². The lowest BCUT2D eigenvalue weighted by molar-refractivity contribution is 0.0724. The normalized spacial score (nSPS) is 15.5. The lowest BCUT2D eigenvalue weighted by atomic mass is 10.1. The number of amides is 1. The van der Waals surface area contributed by atoms with Crippen LogP contribution in [0.25, 0.3) is 10.8 Å². The number of aromatic nitrogens is 1. The van der Waals surface area contributed by atoms with Gasteiger partial charge in [0, 0.05) is 25.5 Å². The highest BCUT2D eigenvalue weighted by Crippen LogP contribution is 2.24.